The Morgan fingerprint density at radius 2 is 1.77 bits per heavy atom. The predicted octanol–water partition coefficient (Wildman–Crippen LogP) is 6.53. The molecule has 1 atom stereocenters. The number of carbonyl (C=O) groups is 2. The van der Waals surface area contributed by atoms with Crippen molar-refractivity contribution in [1.29, 1.82) is 0 Å². The topological polar surface area (TPSA) is 37.4 Å². The first-order valence-electron chi connectivity index (χ1n) is 10.2. The van der Waals surface area contributed by atoms with Crippen LogP contribution in [0.15, 0.2) is 58.6 Å². The van der Waals surface area contributed by atoms with Gasteiger partial charge in [-0.1, -0.05) is 43.6 Å². The van der Waals surface area contributed by atoms with Crippen molar-refractivity contribution < 1.29 is 9.59 Å². The number of Topliss-reactive ketones (excluding diaryl/α,β-unsaturated/α-hetero) is 1. The minimum Gasteiger partial charge on any atom is -0.294 e. The van der Waals surface area contributed by atoms with Gasteiger partial charge in [0.2, 0.25) is 5.91 Å². The molecule has 0 radical (unpaired) electrons. The van der Waals surface area contributed by atoms with Crippen LogP contribution >= 0.6 is 23.4 Å². The summed E-state index contributed by atoms with van der Waals surface area (Å²) in [5, 5.41) is 0.624. The van der Waals surface area contributed by atoms with Crippen LogP contribution < -0.4 is 4.90 Å². The highest BCUT2D eigenvalue weighted by Crippen LogP contribution is 2.49. The molecule has 2 aromatic rings. The molecule has 2 aromatic carbocycles. The van der Waals surface area contributed by atoms with Crippen molar-refractivity contribution in [1.82, 2.24) is 0 Å². The van der Waals surface area contributed by atoms with E-state index in [0.717, 1.165) is 28.1 Å². The number of allylic oxidation sites excluding steroid dienone is 2. The average molecular weight is 440 g/mol. The maximum atomic E-state index is 13.5. The molecule has 1 heterocycles. The Bertz CT molecular complexity index is 1060. The molecule has 0 bridgehead atoms. The number of benzene rings is 2. The Kier molecular flexibility index (Phi) is 5.58. The maximum Gasteiger partial charge on any atom is 0.232 e. The monoisotopic (exact) mass is 439 g/mol. The van der Waals surface area contributed by atoms with E-state index in [4.69, 9.17) is 11.6 Å². The van der Waals surface area contributed by atoms with Crippen molar-refractivity contribution in [2.45, 2.75) is 50.8 Å². The summed E-state index contributed by atoms with van der Waals surface area (Å²) in [7, 11) is 0. The molecule has 0 fully saturated rings. The first kappa shape index (κ1) is 21.2. The number of anilines is 1. The second kappa shape index (κ2) is 7.90. The van der Waals surface area contributed by atoms with Crippen molar-refractivity contribution in [3.63, 3.8) is 0 Å². The average Bonchev–Trinajstić information content (AvgIpc) is 2.69. The third-order valence-electron chi connectivity index (χ3n) is 6.14. The number of nitrogens with zero attached hydrogens (tertiary/aromatic N) is 1. The molecule has 1 aliphatic carbocycles. The fourth-order valence-electron chi connectivity index (χ4n) is 4.65. The zero-order chi connectivity index (χ0) is 21.6. The quantitative estimate of drug-likeness (QED) is 0.510. The van der Waals surface area contributed by atoms with Crippen LogP contribution in [0.4, 0.5) is 5.69 Å². The van der Waals surface area contributed by atoms with Gasteiger partial charge in [-0.2, -0.15) is 0 Å². The predicted molar refractivity (Wildman–Crippen MR) is 124 cm³/mol. The molecule has 0 N–H and O–H groups in total. The van der Waals surface area contributed by atoms with Gasteiger partial charge < -0.3 is 0 Å². The first-order valence-corrected chi connectivity index (χ1v) is 11.8. The van der Waals surface area contributed by atoms with Gasteiger partial charge in [0, 0.05) is 39.9 Å². The van der Waals surface area contributed by atoms with Crippen LogP contribution in [0.5, 0.6) is 0 Å². The van der Waals surface area contributed by atoms with Gasteiger partial charge >= 0.3 is 0 Å². The lowest BCUT2D eigenvalue weighted by Gasteiger charge is -2.43. The molecular weight excluding hydrogens is 414 g/mol. The Hall–Kier alpha value is -2.04. The first-order chi connectivity index (χ1) is 14.2. The fourth-order valence-corrected chi connectivity index (χ4v) is 5.23. The van der Waals surface area contributed by atoms with E-state index in [1.807, 2.05) is 31.4 Å². The maximum absolute atomic E-state index is 13.5. The van der Waals surface area contributed by atoms with Gasteiger partial charge in [-0.05, 0) is 60.4 Å². The minimum atomic E-state index is -0.192. The number of halogens is 1. The van der Waals surface area contributed by atoms with Crippen molar-refractivity contribution >= 4 is 40.7 Å². The van der Waals surface area contributed by atoms with E-state index >= 15 is 0 Å². The molecule has 1 unspecified atom stereocenters. The molecule has 3 nitrogen and oxygen atoms in total. The number of thioether (sulfide) groups is 1. The smallest absolute Gasteiger partial charge is 0.232 e. The van der Waals surface area contributed by atoms with Gasteiger partial charge in [0.1, 0.15) is 0 Å². The fraction of sp³-hybridized carbons (Fsp3) is 0.360. The molecular formula is C25H26ClNO2S. The van der Waals surface area contributed by atoms with Gasteiger partial charge in [-0.15, -0.1) is 11.8 Å². The van der Waals surface area contributed by atoms with Gasteiger partial charge in [0.25, 0.3) is 0 Å². The van der Waals surface area contributed by atoms with E-state index in [2.05, 4.69) is 38.1 Å². The Morgan fingerprint density at radius 3 is 2.43 bits per heavy atom. The lowest BCUT2D eigenvalue weighted by Crippen LogP contribution is -2.44. The van der Waals surface area contributed by atoms with E-state index in [1.165, 1.54) is 4.90 Å². The SMILES string of the molecule is CSc1ccc(C2CC(=O)N(c3cccc(Cl)c3C)C3=C2C(=O)CC(C)(C)C3)cc1. The van der Waals surface area contributed by atoms with E-state index in [-0.39, 0.29) is 29.4 Å². The largest absolute Gasteiger partial charge is 0.294 e. The van der Waals surface area contributed by atoms with Crippen LogP contribution in [-0.2, 0) is 9.59 Å². The highest BCUT2D eigenvalue weighted by molar-refractivity contribution is 7.98. The lowest BCUT2D eigenvalue weighted by molar-refractivity contribution is -0.121. The minimum absolute atomic E-state index is 0.0172. The van der Waals surface area contributed by atoms with Crippen LogP contribution in [0, 0.1) is 12.3 Å². The highest BCUT2D eigenvalue weighted by Gasteiger charge is 2.44. The van der Waals surface area contributed by atoms with E-state index in [1.54, 1.807) is 16.7 Å². The number of hydrogen-bond acceptors (Lipinski definition) is 3. The van der Waals surface area contributed by atoms with E-state index < -0.39 is 0 Å². The second-order valence-electron chi connectivity index (χ2n) is 8.94. The summed E-state index contributed by atoms with van der Waals surface area (Å²) in [5.41, 5.74) is 4.12. The van der Waals surface area contributed by atoms with Crippen molar-refractivity contribution in [3.05, 3.63) is 69.9 Å². The summed E-state index contributed by atoms with van der Waals surface area (Å²) >= 11 is 8.05. The van der Waals surface area contributed by atoms with Crippen LogP contribution in [0.2, 0.25) is 5.02 Å². The Balaban J connectivity index is 1.90. The molecule has 30 heavy (non-hydrogen) atoms. The normalized spacial score (nSPS) is 21.1. The number of ketones is 1. The standard InChI is InChI=1S/C25H26ClNO2S/c1-15-19(26)6-5-7-20(15)27-21-13-25(2,3)14-22(28)24(21)18(12-23(27)29)16-8-10-17(30-4)11-9-16/h5-11,18H,12-14H2,1-4H3. The summed E-state index contributed by atoms with van der Waals surface area (Å²) in [6.45, 7) is 6.12. The van der Waals surface area contributed by atoms with Crippen LogP contribution in [-0.4, -0.2) is 17.9 Å². The Labute approximate surface area is 187 Å². The molecule has 4 rings (SSSR count). The van der Waals surface area contributed by atoms with Crippen molar-refractivity contribution in [2.24, 2.45) is 5.41 Å². The molecule has 5 heteroatoms. The third kappa shape index (κ3) is 3.72. The molecule has 156 valence electrons. The highest BCUT2D eigenvalue weighted by atomic mass is 35.5. The lowest BCUT2D eigenvalue weighted by atomic mass is 9.69. The Morgan fingerprint density at radius 1 is 1.07 bits per heavy atom. The molecule has 0 saturated heterocycles. The molecule has 0 saturated carbocycles. The van der Waals surface area contributed by atoms with Crippen LogP contribution in [0.3, 0.4) is 0 Å². The van der Waals surface area contributed by atoms with Crippen molar-refractivity contribution in [3.8, 4) is 0 Å². The van der Waals surface area contributed by atoms with Gasteiger partial charge in [-0.3, -0.25) is 14.5 Å². The van der Waals surface area contributed by atoms with Crippen LogP contribution in [0.25, 0.3) is 0 Å². The zero-order valence-electron chi connectivity index (χ0n) is 17.8. The third-order valence-corrected chi connectivity index (χ3v) is 7.29. The molecule has 2 aliphatic rings. The number of carbonyl (C=O) groups excluding carboxylic acids is 2. The second-order valence-corrected chi connectivity index (χ2v) is 10.2. The van der Waals surface area contributed by atoms with Gasteiger partial charge in [-0.25, -0.2) is 0 Å². The molecule has 0 aromatic heterocycles. The molecule has 1 aliphatic heterocycles. The summed E-state index contributed by atoms with van der Waals surface area (Å²) in [4.78, 5) is 29.8. The summed E-state index contributed by atoms with van der Waals surface area (Å²) in [6.07, 6.45) is 3.51. The zero-order valence-corrected chi connectivity index (χ0v) is 19.4. The van der Waals surface area contributed by atoms with E-state index in [0.29, 0.717) is 17.9 Å². The summed E-state index contributed by atoms with van der Waals surface area (Å²) < 4.78 is 0. The van der Waals surface area contributed by atoms with Crippen LogP contribution in [0.1, 0.15) is 50.2 Å². The van der Waals surface area contributed by atoms with Gasteiger partial charge in [0.15, 0.2) is 5.78 Å². The summed E-state index contributed by atoms with van der Waals surface area (Å²) in [6, 6.07) is 13.9. The van der Waals surface area contributed by atoms with Crippen molar-refractivity contribution in [2.75, 3.05) is 11.2 Å². The number of hydrogen-bond donors (Lipinski definition) is 0. The summed E-state index contributed by atoms with van der Waals surface area (Å²) in [5.74, 6) is -0.0244. The van der Waals surface area contributed by atoms with Gasteiger partial charge in [0.05, 0.1) is 5.69 Å². The molecule has 1 amide bonds. The molecule has 0 spiro atoms. The van der Waals surface area contributed by atoms with E-state index in [9.17, 15) is 9.59 Å². The number of amides is 1. The number of rotatable bonds is 3.